The van der Waals surface area contributed by atoms with E-state index in [1.807, 2.05) is 14.1 Å². The molecular weight excluding hydrogens is 354 g/mol. The molecular formula is C19H23ClN3O3+. The van der Waals surface area contributed by atoms with Crippen molar-refractivity contribution in [1.82, 2.24) is 5.32 Å². The summed E-state index contributed by atoms with van der Waals surface area (Å²) in [5.74, 6) is -0.346. The second-order valence-electron chi connectivity index (χ2n) is 6.36. The summed E-state index contributed by atoms with van der Waals surface area (Å²) in [6.45, 7) is 2.54. The number of nitrogens with one attached hydrogen (secondary N) is 2. The lowest BCUT2D eigenvalue weighted by Gasteiger charge is -2.22. The van der Waals surface area contributed by atoms with Crippen molar-refractivity contribution in [2.75, 3.05) is 20.6 Å². The number of quaternary nitrogens is 1. The summed E-state index contributed by atoms with van der Waals surface area (Å²) >= 11 is 6.03. The zero-order valence-electron chi connectivity index (χ0n) is 15.1. The maximum absolute atomic E-state index is 12.4. The van der Waals surface area contributed by atoms with Gasteiger partial charge in [-0.25, -0.2) is 0 Å². The van der Waals surface area contributed by atoms with Crippen LogP contribution in [0.1, 0.15) is 34.5 Å². The van der Waals surface area contributed by atoms with Gasteiger partial charge in [-0.3, -0.25) is 14.9 Å². The van der Waals surface area contributed by atoms with E-state index in [9.17, 15) is 14.9 Å². The highest BCUT2D eigenvalue weighted by atomic mass is 35.5. The van der Waals surface area contributed by atoms with E-state index in [-0.39, 0.29) is 28.2 Å². The van der Waals surface area contributed by atoms with Crippen LogP contribution in [0.5, 0.6) is 0 Å². The lowest BCUT2D eigenvalue weighted by atomic mass is 10.0. The first-order valence-electron chi connectivity index (χ1n) is 8.44. The van der Waals surface area contributed by atoms with Crippen LogP contribution in [-0.2, 0) is 6.42 Å². The van der Waals surface area contributed by atoms with E-state index < -0.39 is 4.92 Å². The maximum Gasteiger partial charge on any atom is 0.270 e. The molecule has 6 nitrogen and oxygen atoms in total. The Bertz CT molecular complexity index is 791. The van der Waals surface area contributed by atoms with Gasteiger partial charge in [0.25, 0.3) is 11.6 Å². The lowest BCUT2D eigenvalue weighted by molar-refractivity contribution is -0.890. The molecule has 0 aliphatic heterocycles. The molecule has 0 spiro atoms. The number of rotatable bonds is 7. The molecule has 0 saturated heterocycles. The number of amides is 1. The fraction of sp³-hybridized carbons (Fsp3) is 0.316. The second-order valence-corrected chi connectivity index (χ2v) is 6.76. The average molecular weight is 377 g/mol. The van der Waals surface area contributed by atoms with Gasteiger partial charge in [-0.15, -0.1) is 0 Å². The van der Waals surface area contributed by atoms with Gasteiger partial charge in [0.1, 0.15) is 6.04 Å². The Kier molecular flexibility index (Phi) is 6.71. The number of hydrogen-bond donors (Lipinski definition) is 2. The van der Waals surface area contributed by atoms with Crippen LogP contribution in [0, 0.1) is 10.1 Å². The van der Waals surface area contributed by atoms with Crippen molar-refractivity contribution in [3.05, 3.63) is 74.3 Å². The summed E-state index contributed by atoms with van der Waals surface area (Å²) in [5, 5.41) is 13.7. The van der Waals surface area contributed by atoms with Crippen LogP contribution in [0.3, 0.4) is 0 Å². The quantitative estimate of drug-likeness (QED) is 0.575. The molecule has 1 amide bonds. The monoisotopic (exact) mass is 376 g/mol. The van der Waals surface area contributed by atoms with E-state index in [0.29, 0.717) is 6.54 Å². The summed E-state index contributed by atoms with van der Waals surface area (Å²) < 4.78 is 0. The molecule has 138 valence electrons. The summed E-state index contributed by atoms with van der Waals surface area (Å²) in [5.41, 5.74) is 2.49. The number of aryl methyl sites for hydroxylation is 1. The first kappa shape index (κ1) is 19.9. The van der Waals surface area contributed by atoms with Crippen molar-refractivity contribution in [2.45, 2.75) is 19.4 Å². The van der Waals surface area contributed by atoms with E-state index in [0.717, 1.165) is 12.0 Å². The highest BCUT2D eigenvalue weighted by molar-refractivity contribution is 6.34. The molecule has 0 saturated carbocycles. The van der Waals surface area contributed by atoms with Gasteiger partial charge in [0, 0.05) is 17.7 Å². The molecule has 1 atom stereocenters. The molecule has 0 aromatic heterocycles. The Morgan fingerprint density at radius 1 is 1.23 bits per heavy atom. The molecule has 7 heteroatoms. The number of benzene rings is 2. The van der Waals surface area contributed by atoms with Gasteiger partial charge < -0.3 is 10.2 Å². The maximum atomic E-state index is 12.4. The van der Waals surface area contributed by atoms with Gasteiger partial charge in [0.15, 0.2) is 0 Å². The largest absolute Gasteiger partial charge is 0.346 e. The normalized spacial score (nSPS) is 12.0. The standard InChI is InChI=1S/C19H22ClN3O3/c1-4-13-5-7-14(8-6-13)18(22(2)3)12-21-19(24)16-10-9-15(23(25)26)11-17(16)20/h5-11,18H,4,12H2,1-3H3,(H,21,24)/p+1/t18-/m1/s1. The summed E-state index contributed by atoms with van der Waals surface area (Å²) in [7, 11) is 4.06. The number of nitrogens with zero attached hydrogens (tertiary/aromatic N) is 1. The van der Waals surface area contributed by atoms with Crippen LogP contribution in [0.15, 0.2) is 42.5 Å². The van der Waals surface area contributed by atoms with Crippen molar-refractivity contribution in [2.24, 2.45) is 0 Å². The molecule has 0 fully saturated rings. The zero-order valence-corrected chi connectivity index (χ0v) is 15.8. The fourth-order valence-corrected chi connectivity index (χ4v) is 2.99. The SMILES string of the molecule is CCc1ccc([C@@H](CNC(=O)c2ccc([N+](=O)[O-])cc2Cl)[NH+](C)C)cc1. The number of carbonyl (C=O) groups is 1. The molecule has 0 heterocycles. The molecule has 0 unspecified atom stereocenters. The van der Waals surface area contributed by atoms with Crippen LogP contribution < -0.4 is 10.2 Å². The van der Waals surface area contributed by atoms with E-state index in [1.165, 1.54) is 28.7 Å². The number of carbonyl (C=O) groups excluding carboxylic acids is 1. The molecule has 2 N–H and O–H groups in total. The Morgan fingerprint density at radius 2 is 1.88 bits per heavy atom. The first-order valence-corrected chi connectivity index (χ1v) is 8.82. The topological polar surface area (TPSA) is 76.7 Å². The Hall–Kier alpha value is -2.44. The van der Waals surface area contributed by atoms with Crippen LogP contribution >= 0.6 is 11.6 Å². The number of nitro benzene ring substituents is 1. The van der Waals surface area contributed by atoms with E-state index in [4.69, 9.17) is 11.6 Å². The molecule has 0 aliphatic carbocycles. The molecule has 2 aromatic rings. The van der Waals surface area contributed by atoms with E-state index in [2.05, 4.69) is 36.5 Å². The molecule has 2 aromatic carbocycles. The van der Waals surface area contributed by atoms with Crippen molar-refractivity contribution in [3.8, 4) is 0 Å². The number of non-ortho nitro benzene ring substituents is 1. The number of halogens is 1. The minimum atomic E-state index is -0.543. The minimum Gasteiger partial charge on any atom is -0.346 e. The number of hydrogen-bond acceptors (Lipinski definition) is 3. The van der Waals surface area contributed by atoms with Gasteiger partial charge in [0.2, 0.25) is 0 Å². The second kappa shape index (κ2) is 8.78. The van der Waals surface area contributed by atoms with Crippen molar-refractivity contribution >= 4 is 23.2 Å². The Balaban J connectivity index is 2.11. The molecule has 26 heavy (non-hydrogen) atoms. The summed E-state index contributed by atoms with van der Waals surface area (Å²) in [6, 6.07) is 12.3. The minimum absolute atomic E-state index is 0.0674. The lowest BCUT2D eigenvalue weighted by Crippen LogP contribution is -3.07. The smallest absolute Gasteiger partial charge is 0.270 e. The fourth-order valence-electron chi connectivity index (χ4n) is 2.73. The van der Waals surface area contributed by atoms with Crippen LogP contribution in [0.2, 0.25) is 5.02 Å². The van der Waals surface area contributed by atoms with Crippen LogP contribution in [0.25, 0.3) is 0 Å². The predicted octanol–water partition coefficient (Wildman–Crippen LogP) is 2.43. The molecule has 2 rings (SSSR count). The van der Waals surface area contributed by atoms with E-state index in [1.54, 1.807) is 0 Å². The van der Waals surface area contributed by atoms with Gasteiger partial charge in [-0.2, -0.15) is 0 Å². The average Bonchev–Trinajstić information content (AvgIpc) is 2.61. The third kappa shape index (κ3) is 4.80. The van der Waals surface area contributed by atoms with E-state index >= 15 is 0 Å². The van der Waals surface area contributed by atoms with Crippen molar-refractivity contribution in [3.63, 3.8) is 0 Å². The molecule has 0 radical (unpaired) electrons. The van der Waals surface area contributed by atoms with Gasteiger partial charge >= 0.3 is 0 Å². The van der Waals surface area contributed by atoms with Gasteiger partial charge in [0.05, 0.1) is 36.1 Å². The highest BCUT2D eigenvalue weighted by Gasteiger charge is 2.21. The Labute approximate surface area is 157 Å². The van der Waals surface area contributed by atoms with Crippen LogP contribution in [0.4, 0.5) is 5.69 Å². The van der Waals surface area contributed by atoms with Crippen molar-refractivity contribution in [1.29, 1.82) is 0 Å². The third-order valence-corrected chi connectivity index (χ3v) is 4.67. The van der Waals surface area contributed by atoms with Gasteiger partial charge in [-0.05, 0) is 18.1 Å². The zero-order chi connectivity index (χ0) is 19.3. The number of nitro groups is 1. The third-order valence-electron chi connectivity index (χ3n) is 4.36. The highest BCUT2D eigenvalue weighted by Crippen LogP contribution is 2.22. The molecule has 0 aliphatic rings. The predicted molar refractivity (Wildman–Crippen MR) is 102 cm³/mol. The summed E-state index contributed by atoms with van der Waals surface area (Å²) in [6.07, 6.45) is 0.981. The summed E-state index contributed by atoms with van der Waals surface area (Å²) in [4.78, 5) is 23.8. The van der Waals surface area contributed by atoms with Crippen LogP contribution in [-0.4, -0.2) is 31.5 Å². The van der Waals surface area contributed by atoms with Gasteiger partial charge in [-0.1, -0.05) is 42.8 Å². The molecule has 0 bridgehead atoms. The van der Waals surface area contributed by atoms with Crippen molar-refractivity contribution < 1.29 is 14.6 Å². The first-order chi connectivity index (χ1) is 12.3. The Morgan fingerprint density at radius 3 is 2.38 bits per heavy atom. The number of likely N-dealkylation sites (N-methyl/N-ethyl adjacent to an activating group) is 1.